The lowest BCUT2D eigenvalue weighted by Crippen LogP contribution is -2.43. The van der Waals surface area contributed by atoms with Crippen molar-refractivity contribution in [3.63, 3.8) is 0 Å². The van der Waals surface area contributed by atoms with Crippen LogP contribution in [0.2, 0.25) is 0 Å². The van der Waals surface area contributed by atoms with Crippen LogP contribution in [0.25, 0.3) is 0 Å². The second-order valence-electron chi connectivity index (χ2n) is 4.89. The third kappa shape index (κ3) is 5.00. The normalized spacial score (nSPS) is 16.3. The first-order valence-electron chi connectivity index (χ1n) is 6.59. The van der Waals surface area contributed by atoms with E-state index in [-0.39, 0.29) is 24.4 Å². The van der Waals surface area contributed by atoms with Crippen molar-refractivity contribution in [1.29, 1.82) is 0 Å². The Morgan fingerprint density at radius 3 is 2.80 bits per heavy atom. The number of methoxy groups -OCH3 is 1. The second-order valence-corrected chi connectivity index (χ2v) is 4.89. The lowest BCUT2D eigenvalue weighted by atomic mass is 10.1. The minimum Gasteiger partial charge on any atom is -0.497 e. The van der Waals surface area contributed by atoms with Crippen LogP contribution in [0.3, 0.4) is 0 Å². The first kappa shape index (κ1) is 16.8. The predicted octanol–water partition coefficient (Wildman–Crippen LogP) is 1.48. The van der Waals surface area contributed by atoms with Gasteiger partial charge in [0.15, 0.2) is 0 Å². The number of ether oxygens (including phenoxy) is 1. The largest absolute Gasteiger partial charge is 0.497 e. The molecule has 6 heteroatoms. The zero-order valence-electron chi connectivity index (χ0n) is 11.7. The molecule has 0 unspecified atom stereocenters. The summed E-state index contributed by atoms with van der Waals surface area (Å²) in [6.45, 7) is 2.21. The third-order valence-corrected chi connectivity index (χ3v) is 3.35. The molecule has 1 aliphatic rings. The highest BCUT2D eigenvalue weighted by Gasteiger charge is 2.18. The van der Waals surface area contributed by atoms with E-state index in [1.54, 1.807) is 7.11 Å². The molecule has 0 aliphatic carbocycles. The molecule has 112 valence electrons. The molecule has 2 rings (SSSR count). The quantitative estimate of drug-likeness (QED) is 0.884. The standard InChI is InChI=1S/C14H21N3O2.ClH/c1-19-13-4-2-3-12(9-13)16-14(18)10-17-7-5-11(15)6-8-17;/h2-4,9,11H,5-8,10,15H2,1H3,(H,16,18);1H. The summed E-state index contributed by atoms with van der Waals surface area (Å²) in [5.74, 6) is 0.741. The van der Waals surface area contributed by atoms with Crippen LogP contribution in [0, 0.1) is 0 Å². The molecule has 1 aliphatic heterocycles. The number of carbonyl (C=O) groups excluding carboxylic acids is 1. The molecule has 1 amide bonds. The molecule has 1 fully saturated rings. The van der Waals surface area contributed by atoms with Crippen LogP contribution in [0.15, 0.2) is 24.3 Å². The van der Waals surface area contributed by atoms with E-state index in [4.69, 9.17) is 10.5 Å². The molecule has 0 radical (unpaired) electrons. The van der Waals surface area contributed by atoms with Crippen LogP contribution in [-0.2, 0) is 4.79 Å². The Bertz CT molecular complexity index is 434. The van der Waals surface area contributed by atoms with Gasteiger partial charge in [0.1, 0.15) is 5.75 Å². The van der Waals surface area contributed by atoms with Crippen molar-refractivity contribution >= 4 is 24.0 Å². The Morgan fingerprint density at radius 1 is 1.45 bits per heavy atom. The van der Waals surface area contributed by atoms with Crippen molar-refractivity contribution in [2.45, 2.75) is 18.9 Å². The Morgan fingerprint density at radius 2 is 2.15 bits per heavy atom. The van der Waals surface area contributed by atoms with E-state index in [1.807, 2.05) is 24.3 Å². The van der Waals surface area contributed by atoms with E-state index < -0.39 is 0 Å². The first-order chi connectivity index (χ1) is 9.17. The average molecular weight is 300 g/mol. The van der Waals surface area contributed by atoms with Crippen LogP contribution in [0.4, 0.5) is 5.69 Å². The van der Waals surface area contributed by atoms with Gasteiger partial charge in [0.25, 0.3) is 0 Å². The van der Waals surface area contributed by atoms with Crippen LogP contribution in [-0.4, -0.2) is 43.6 Å². The molecule has 0 saturated carbocycles. The van der Waals surface area contributed by atoms with E-state index in [2.05, 4.69) is 10.2 Å². The van der Waals surface area contributed by atoms with Gasteiger partial charge in [-0.15, -0.1) is 12.4 Å². The number of benzene rings is 1. The summed E-state index contributed by atoms with van der Waals surface area (Å²) in [5, 5.41) is 2.88. The molecule has 0 aromatic heterocycles. The second kappa shape index (κ2) is 8.09. The Labute approximate surface area is 125 Å². The predicted molar refractivity (Wildman–Crippen MR) is 82.5 cm³/mol. The first-order valence-corrected chi connectivity index (χ1v) is 6.59. The van der Waals surface area contributed by atoms with Gasteiger partial charge in [-0.3, -0.25) is 9.69 Å². The van der Waals surface area contributed by atoms with Crippen molar-refractivity contribution in [1.82, 2.24) is 4.90 Å². The summed E-state index contributed by atoms with van der Waals surface area (Å²) in [6.07, 6.45) is 1.93. The van der Waals surface area contributed by atoms with Gasteiger partial charge < -0.3 is 15.8 Å². The van der Waals surface area contributed by atoms with E-state index in [0.29, 0.717) is 6.54 Å². The van der Waals surface area contributed by atoms with Crippen LogP contribution >= 0.6 is 12.4 Å². The number of nitrogens with zero attached hydrogens (tertiary/aromatic N) is 1. The van der Waals surface area contributed by atoms with Crippen LogP contribution in [0.5, 0.6) is 5.75 Å². The van der Waals surface area contributed by atoms with Gasteiger partial charge in [-0.25, -0.2) is 0 Å². The van der Waals surface area contributed by atoms with E-state index in [1.165, 1.54) is 0 Å². The van der Waals surface area contributed by atoms with E-state index >= 15 is 0 Å². The smallest absolute Gasteiger partial charge is 0.238 e. The fraction of sp³-hybridized carbons (Fsp3) is 0.500. The van der Waals surface area contributed by atoms with E-state index in [9.17, 15) is 4.79 Å². The number of anilines is 1. The van der Waals surface area contributed by atoms with E-state index in [0.717, 1.165) is 37.4 Å². The Balaban J connectivity index is 0.00000200. The summed E-state index contributed by atoms with van der Waals surface area (Å²) in [7, 11) is 1.61. The molecule has 0 bridgehead atoms. The minimum atomic E-state index is 0. The zero-order valence-corrected chi connectivity index (χ0v) is 12.5. The number of hydrogen-bond donors (Lipinski definition) is 2. The maximum absolute atomic E-state index is 11.9. The molecule has 0 spiro atoms. The summed E-state index contributed by atoms with van der Waals surface area (Å²) in [5.41, 5.74) is 6.60. The maximum Gasteiger partial charge on any atom is 0.238 e. The highest BCUT2D eigenvalue weighted by Crippen LogP contribution is 2.16. The molecule has 1 aromatic carbocycles. The monoisotopic (exact) mass is 299 g/mol. The number of rotatable bonds is 4. The number of halogens is 1. The van der Waals surface area contributed by atoms with Gasteiger partial charge in [0, 0.05) is 30.9 Å². The van der Waals surface area contributed by atoms with Crippen LogP contribution < -0.4 is 15.8 Å². The van der Waals surface area contributed by atoms with Gasteiger partial charge in [0.2, 0.25) is 5.91 Å². The molecule has 1 saturated heterocycles. The minimum absolute atomic E-state index is 0. The summed E-state index contributed by atoms with van der Waals surface area (Å²) in [4.78, 5) is 14.1. The Kier molecular flexibility index (Phi) is 6.78. The van der Waals surface area contributed by atoms with Gasteiger partial charge in [-0.05, 0) is 25.0 Å². The third-order valence-electron chi connectivity index (χ3n) is 3.35. The zero-order chi connectivity index (χ0) is 13.7. The molecule has 1 heterocycles. The molecular formula is C14H22ClN3O2. The van der Waals surface area contributed by atoms with Crippen molar-refractivity contribution < 1.29 is 9.53 Å². The molecular weight excluding hydrogens is 278 g/mol. The number of nitrogens with one attached hydrogen (secondary N) is 1. The lowest BCUT2D eigenvalue weighted by molar-refractivity contribution is -0.117. The number of amides is 1. The highest BCUT2D eigenvalue weighted by atomic mass is 35.5. The number of likely N-dealkylation sites (tertiary alicyclic amines) is 1. The van der Waals surface area contributed by atoms with Crippen molar-refractivity contribution in [3.8, 4) is 5.75 Å². The Hall–Kier alpha value is -1.30. The topological polar surface area (TPSA) is 67.6 Å². The highest BCUT2D eigenvalue weighted by molar-refractivity contribution is 5.92. The number of carbonyl (C=O) groups is 1. The van der Waals surface area contributed by atoms with Gasteiger partial charge in [-0.1, -0.05) is 6.07 Å². The molecule has 20 heavy (non-hydrogen) atoms. The molecule has 0 atom stereocenters. The van der Waals surface area contributed by atoms with Crippen molar-refractivity contribution in [3.05, 3.63) is 24.3 Å². The van der Waals surface area contributed by atoms with Gasteiger partial charge in [0.05, 0.1) is 13.7 Å². The summed E-state index contributed by atoms with van der Waals surface area (Å²) < 4.78 is 5.12. The lowest BCUT2D eigenvalue weighted by Gasteiger charge is -2.29. The molecule has 5 nitrogen and oxygen atoms in total. The molecule has 3 N–H and O–H groups in total. The number of nitrogens with two attached hydrogens (primary N) is 1. The summed E-state index contributed by atoms with van der Waals surface area (Å²) >= 11 is 0. The summed E-state index contributed by atoms with van der Waals surface area (Å²) in [6, 6.07) is 7.66. The van der Waals surface area contributed by atoms with Gasteiger partial charge in [-0.2, -0.15) is 0 Å². The van der Waals surface area contributed by atoms with Crippen molar-refractivity contribution in [2.75, 3.05) is 32.1 Å². The van der Waals surface area contributed by atoms with Crippen LogP contribution in [0.1, 0.15) is 12.8 Å². The molecule has 1 aromatic rings. The maximum atomic E-state index is 11.9. The van der Waals surface area contributed by atoms with Crippen molar-refractivity contribution in [2.24, 2.45) is 5.73 Å². The number of hydrogen-bond acceptors (Lipinski definition) is 4. The van der Waals surface area contributed by atoms with Gasteiger partial charge >= 0.3 is 0 Å². The SMILES string of the molecule is COc1cccc(NC(=O)CN2CCC(N)CC2)c1.Cl. The average Bonchev–Trinajstić information content (AvgIpc) is 2.41. The fourth-order valence-electron chi connectivity index (χ4n) is 2.22. The fourth-order valence-corrected chi connectivity index (χ4v) is 2.22. The number of piperidine rings is 1.